The van der Waals surface area contributed by atoms with Gasteiger partial charge in [-0.05, 0) is 37.6 Å². The second-order valence-corrected chi connectivity index (χ2v) is 7.82. The van der Waals surface area contributed by atoms with Crippen LogP contribution in [0.3, 0.4) is 0 Å². The number of nitrogens with zero attached hydrogens (tertiary/aromatic N) is 4. The molecule has 32 heavy (non-hydrogen) atoms. The summed E-state index contributed by atoms with van der Waals surface area (Å²) in [4.78, 5) is 25.9. The summed E-state index contributed by atoms with van der Waals surface area (Å²) >= 11 is 0. The molecule has 0 spiro atoms. The van der Waals surface area contributed by atoms with Crippen LogP contribution in [0.1, 0.15) is 23.0 Å². The topological polar surface area (TPSA) is 93.8 Å². The maximum Gasteiger partial charge on any atom is 0.272 e. The van der Waals surface area contributed by atoms with Gasteiger partial charge in [0.2, 0.25) is 0 Å². The highest BCUT2D eigenvalue weighted by Gasteiger charge is 2.30. The van der Waals surface area contributed by atoms with Crippen molar-refractivity contribution in [1.82, 2.24) is 14.9 Å². The molecular formula is C24H27N5O3. The van der Waals surface area contributed by atoms with E-state index in [1.54, 1.807) is 19.4 Å². The summed E-state index contributed by atoms with van der Waals surface area (Å²) in [5.74, 6) is 1.96. The lowest BCUT2D eigenvalue weighted by molar-refractivity contribution is 0.0667. The average Bonchev–Trinajstić information content (AvgIpc) is 2.79. The van der Waals surface area contributed by atoms with Gasteiger partial charge in [0.25, 0.3) is 5.91 Å². The van der Waals surface area contributed by atoms with E-state index in [1.807, 2.05) is 55.1 Å². The van der Waals surface area contributed by atoms with E-state index in [0.717, 1.165) is 11.3 Å². The fraction of sp³-hybridized carbons (Fsp3) is 0.292. The summed E-state index contributed by atoms with van der Waals surface area (Å²) in [6.45, 7) is 6.04. The van der Waals surface area contributed by atoms with Crippen LogP contribution in [-0.4, -0.2) is 53.6 Å². The number of carbonyl (C=O) groups is 1. The third-order valence-corrected chi connectivity index (χ3v) is 5.57. The van der Waals surface area contributed by atoms with Crippen molar-refractivity contribution in [3.63, 3.8) is 0 Å². The molecule has 8 heteroatoms. The number of pyridine rings is 2. The summed E-state index contributed by atoms with van der Waals surface area (Å²) in [7, 11) is 1.55. The number of hydrogen-bond acceptors (Lipinski definition) is 7. The SMILES string of the molecule is COc1cc(C(=O)N2CCN(c3cnc(N)cc3C)C[C@@H]2C)ncc1Oc1ccccc1. The average molecular weight is 434 g/mol. The van der Waals surface area contributed by atoms with Gasteiger partial charge >= 0.3 is 0 Å². The summed E-state index contributed by atoms with van der Waals surface area (Å²) in [6.07, 6.45) is 3.33. The third-order valence-electron chi connectivity index (χ3n) is 5.57. The van der Waals surface area contributed by atoms with Gasteiger partial charge in [0.1, 0.15) is 17.3 Å². The lowest BCUT2D eigenvalue weighted by Crippen LogP contribution is -2.54. The molecule has 0 bridgehead atoms. The molecule has 0 radical (unpaired) electrons. The predicted molar refractivity (Wildman–Crippen MR) is 123 cm³/mol. The van der Waals surface area contributed by atoms with Gasteiger partial charge in [0, 0.05) is 31.7 Å². The number of amides is 1. The van der Waals surface area contributed by atoms with Crippen LogP contribution in [0.2, 0.25) is 0 Å². The first kappa shape index (κ1) is 21.4. The largest absolute Gasteiger partial charge is 0.493 e. The second-order valence-electron chi connectivity index (χ2n) is 7.82. The van der Waals surface area contributed by atoms with Crippen molar-refractivity contribution >= 4 is 17.4 Å². The van der Waals surface area contributed by atoms with Crippen LogP contribution in [-0.2, 0) is 0 Å². The molecule has 1 aliphatic heterocycles. The molecule has 4 rings (SSSR count). The lowest BCUT2D eigenvalue weighted by Gasteiger charge is -2.41. The van der Waals surface area contributed by atoms with Crippen LogP contribution >= 0.6 is 0 Å². The zero-order valence-electron chi connectivity index (χ0n) is 18.5. The van der Waals surface area contributed by atoms with Gasteiger partial charge in [0.15, 0.2) is 11.5 Å². The highest BCUT2D eigenvalue weighted by molar-refractivity contribution is 5.93. The van der Waals surface area contributed by atoms with E-state index < -0.39 is 0 Å². The zero-order valence-corrected chi connectivity index (χ0v) is 18.5. The van der Waals surface area contributed by atoms with Gasteiger partial charge in [-0.25, -0.2) is 9.97 Å². The molecule has 0 unspecified atom stereocenters. The molecule has 8 nitrogen and oxygen atoms in total. The number of nitrogens with two attached hydrogens (primary N) is 1. The maximum atomic E-state index is 13.2. The number of anilines is 2. The molecule has 3 aromatic rings. The van der Waals surface area contributed by atoms with Crippen LogP contribution in [0.25, 0.3) is 0 Å². The number of piperazine rings is 1. The normalized spacial score (nSPS) is 16.0. The van der Waals surface area contributed by atoms with Crippen LogP contribution in [0, 0.1) is 6.92 Å². The van der Waals surface area contributed by atoms with E-state index >= 15 is 0 Å². The molecule has 1 amide bonds. The van der Waals surface area contributed by atoms with Crippen LogP contribution < -0.4 is 20.1 Å². The van der Waals surface area contributed by atoms with E-state index in [0.29, 0.717) is 48.4 Å². The van der Waals surface area contributed by atoms with Crippen molar-refractivity contribution in [3.05, 3.63) is 66.1 Å². The minimum absolute atomic E-state index is 0.00115. The van der Waals surface area contributed by atoms with Gasteiger partial charge < -0.3 is 25.0 Å². The molecule has 1 aliphatic rings. The number of para-hydroxylation sites is 1. The molecule has 0 saturated carbocycles. The predicted octanol–water partition coefficient (Wildman–Crippen LogP) is 3.52. The molecule has 3 heterocycles. The van der Waals surface area contributed by atoms with E-state index in [1.165, 1.54) is 6.20 Å². The Morgan fingerprint density at radius 2 is 1.88 bits per heavy atom. The van der Waals surface area contributed by atoms with Crippen molar-refractivity contribution in [2.45, 2.75) is 19.9 Å². The summed E-state index contributed by atoms with van der Waals surface area (Å²) < 4.78 is 11.3. The van der Waals surface area contributed by atoms with Crippen molar-refractivity contribution in [2.75, 3.05) is 37.4 Å². The number of ether oxygens (including phenoxy) is 2. The Labute approximate surface area is 187 Å². The molecule has 1 saturated heterocycles. The van der Waals surface area contributed by atoms with Gasteiger partial charge in [-0.15, -0.1) is 0 Å². The first-order valence-corrected chi connectivity index (χ1v) is 10.5. The molecule has 166 valence electrons. The van der Waals surface area contributed by atoms with Gasteiger partial charge in [0.05, 0.1) is 25.2 Å². The Balaban J connectivity index is 1.48. The number of carbonyl (C=O) groups excluding carboxylic acids is 1. The van der Waals surface area contributed by atoms with Crippen molar-refractivity contribution in [3.8, 4) is 17.2 Å². The molecular weight excluding hydrogens is 406 g/mol. The Hall–Kier alpha value is -3.81. The minimum atomic E-state index is -0.131. The van der Waals surface area contributed by atoms with E-state index in [9.17, 15) is 4.79 Å². The monoisotopic (exact) mass is 433 g/mol. The Morgan fingerprint density at radius 1 is 1.09 bits per heavy atom. The smallest absolute Gasteiger partial charge is 0.272 e. The molecule has 0 aliphatic carbocycles. The quantitative estimate of drug-likeness (QED) is 0.658. The van der Waals surface area contributed by atoms with Gasteiger partial charge in [-0.2, -0.15) is 0 Å². The van der Waals surface area contributed by atoms with Crippen LogP contribution in [0.5, 0.6) is 17.2 Å². The number of aromatic nitrogens is 2. The third kappa shape index (κ3) is 4.44. The first-order valence-electron chi connectivity index (χ1n) is 10.5. The number of methoxy groups -OCH3 is 1. The number of benzene rings is 1. The highest BCUT2D eigenvalue weighted by Crippen LogP contribution is 2.32. The van der Waals surface area contributed by atoms with Crippen molar-refractivity contribution in [1.29, 1.82) is 0 Å². The van der Waals surface area contributed by atoms with E-state index in [4.69, 9.17) is 15.2 Å². The van der Waals surface area contributed by atoms with Gasteiger partial charge in [-0.3, -0.25) is 4.79 Å². The Morgan fingerprint density at radius 3 is 2.56 bits per heavy atom. The van der Waals surface area contributed by atoms with Crippen LogP contribution in [0.4, 0.5) is 11.5 Å². The number of rotatable bonds is 5. The first-order chi connectivity index (χ1) is 15.5. The summed E-state index contributed by atoms with van der Waals surface area (Å²) in [5, 5.41) is 0. The molecule has 1 aromatic carbocycles. The molecule has 1 atom stereocenters. The Kier molecular flexibility index (Phi) is 6.11. The fourth-order valence-corrected chi connectivity index (χ4v) is 3.92. The molecule has 1 fully saturated rings. The van der Waals surface area contributed by atoms with Gasteiger partial charge in [-0.1, -0.05) is 18.2 Å². The Bertz CT molecular complexity index is 1110. The summed E-state index contributed by atoms with van der Waals surface area (Å²) in [6, 6.07) is 12.9. The highest BCUT2D eigenvalue weighted by atomic mass is 16.5. The number of nitrogen functional groups attached to an aromatic ring is 1. The number of hydrogen-bond donors (Lipinski definition) is 1. The van der Waals surface area contributed by atoms with Crippen molar-refractivity contribution in [2.24, 2.45) is 0 Å². The van der Waals surface area contributed by atoms with E-state index in [-0.39, 0.29) is 11.9 Å². The molecule has 2 N–H and O–H groups in total. The lowest BCUT2D eigenvalue weighted by atomic mass is 10.1. The van der Waals surface area contributed by atoms with E-state index in [2.05, 4.69) is 14.9 Å². The summed E-state index contributed by atoms with van der Waals surface area (Å²) in [5.41, 5.74) is 8.22. The minimum Gasteiger partial charge on any atom is -0.493 e. The maximum absolute atomic E-state index is 13.2. The van der Waals surface area contributed by atoms with Crippen LogP contribution in [0.15, 0.2) is 54.9 Å². The fourth-order valence-electron chi connectivity index (χ4n) is 3.92. The van der Waals surface area contributed by atoms with Crippen molar-refractivity contribution < 1.29 is 14.3 Å². The second kappa shape index (κ2) is 9.13. The standard InChI is InChI=1S/C24H27N5O3/c1-16-11-23(25)27-13-20(16)28-9-10-29(17(2)15-28)24(30)19-12-21(31-3)22(14-26-19)32-18-7-5-4-6-8-18/h4-8,11-14,17H,9-10,15H2,1-3H3,(H2,25,27)/t17-/m0/s1. The zero-order chi connectivity index (χ0) is 22.7. The number of aryl methyl sites for hydroxylation is 1. The molecule has 2 aromatic heterocycles.